The smallest absolute Gasteiger partial charge is 0.462 e. The van der Waals surface area contributed by atoms with E-state index in [0.717, 1.165) is 72.8 Å². The van der Waals surface area contributed by atoms with Gasteiger partial charge in [0.1, 0.15) is 31.0 Å². The standard InChI is InChI=1S/C66H88Cl3N2O13P/c1-3-5-7-9-11-13-14-16-18-20-25-41-58(72)80-51(36-24-19-17-15-12-10-8-6-4-2)42-59(73)82-62-60(71-65(74)77-46-56-54-39-30-28-37-52(54)53-38-29-31-40-55(53)56)63(83-64(70)66(67,68)69)81-57(47-76-43-48-32-22-21-23-33-48)61(62)84-85(75)78-44-49-34-26-27-35-50(49)45-79-85/h21-23,26-35,37-40,51,56-57,60-63,70H,3-20,24-25,36,41-47H2,1-2H3,(H,71,74)/t51-,57-,60-,61-,62-,63?/m1/s1. The topological polar surface area (TPSA) is 187 Å². The highest BCUT2D eigenvalue weighted by molar-refractivity contribution is 7.48. The van der Waals surface area contributed by atoms with Crippen molar-refractivity contribution in [2.24, 2.45) is 0 Å². The Morgan fingerprint density at radius 2 is 1.15 bits per heavy atom. The summed E-state index contributed by atoms with van der Waals surface area (Å²) in [7, 11) is -4.63. The molecule has 85 heavy (non-hydrogen) atoms. The SMILES string of the molecule is CCCCCCCCCCCCCC(=O)O[C@H](CCCCCCCCCCC)CC(=O)O[C@H]1[C@H](OP2(=O)OCc3ccccc3CO2)[C@@H](COCc2ccccc2)OC(OC(=N)C(Cl)(Cl)Cl)[C@@H]1NC(=O)OCC1c2ccccc2-c2ccccc21. The maximum absolute atomic E-state index is 15.0. The Morgan fingerprint density at radius 1 is 0.635 bits per heavy atom. The van der Waals surface area contributed by atoms with E-state index in [2.05, 4.69) is 19.2 Å². The van der Waals surface area contributed by atoms with Crippen molar-refractivity contribution >= 4 is 66.6 Å². The van der Waals surface area contributed by atoms with E-state index >= 15 is 4.57 Å². The fourth-order valence-electron chi connectivity index (χ4n) is 11.2. The number of carbonyl (C=O) groups excluding carboxylic acids is 3. The monoisotopic (exact) mass is 1250 g/mol. The Hall–Kier alpha value is -4.54. The number of halogens is 3. The van der Waals surface area contributed by atoms with Gasteiger partial charge in [-0.25, -0.2) is 9.36 Å². The highest BCUT2D eigenvalue weighted by Gasteiger charge is 2.55. The van der Waals surface area contributed by atoms with Crippen molar-refractivity contribution in [2.45, 2.75) is 228 Å². The Bertz CT molecular complexity index is 2660. The zero-order valence-electron chi connectivity index (χ0n) is 49.5. The number of nitrogens with one attached hydrogen (secondary N) is 2. The fourth-order valence-corrected chi connectivity index (χ4v) is 12.7. The van der Waals surface area contributed by atoms with E-state index < -0.39 is 78.7 Å². The molecule has 4 aromatic rings. The zero-order valence-corrected chi connectivity index (χ0v) is 52.7. The molecule has 0 saturated carbocycles. The van der Waals surface area contributed by atoms with E-state index in [1.54, 1.807) is 0 Å². The van der Waals surface area contributed by atoms with Gasteiger partial charge in [-0.3, -0.25) is 28.6 Å². The van der Waals surface area contributed by atoms with Crippen molar-refractivity contribution in [3.05, 3.63) is 131 Å². The summed E-state index contributed by atoms with van der Waals surface area (Å²) in [5, 5.41) is 11.5. The highest BCUT2D eigenvalue weighted by atomic mass is 35.6. The van der Waals surface area contributed by atoms with Gasteiger partial charge in [0, 0.05) is 12.3 Å². The minimum absolute atomic E-state index is 0.0693. The van der Waals surface area contributed by atoms with Crippen molar-refractivity contribution < 1.29 is 60.9 Å². The van der Waals surface area contributed by atoms with Crippen LogP contribution < -0.4 is 5.32 Å². The molecule has 0 bridgehead atoms. The number of benzene rings is 4. The molecule has 6 atom stereocenters. The Balaban J connectivity index is 1.16. The number of esters is 2. The van der Waals surface area contributed by atoms with Crippen LogP contribution >= 0.6 is 42.6 Å². The molecule has 1 saturated heterocycles. The van der Waals surface area contributed by atoms with Gasteiger partial charge in [-0.15, -0.1) is 0 Å². The third-order valence-electron chi connectivity index (χ3n) is 15.9. The second-order valence-electron chi connectivity index (χ2n) is 22.5. The molecule has 19 heteroatoms. The number of alkyl halides is 3. The number of fused-ring (bicyclic) bond motifs is 4. The lowest BCUT2D eigenvalue weighted by Crippen LogP contribution is -2.67. The van der Waals surface area contributed by atoms with Gasteiger partial charge >= 0.3 is 25.9 Å². The van der Waals surface area contributed by atoms with Crippen LogP contribution in [-0.4, -0.2) is 77.7 Å². The number of carbonyl (C=O) groups is 3. The number of phosphoric acid groups is 1. The van der Waals surface area contributed by atoms with Gasteiger partial charge in [-0.05, 0) is 58.2 Å². The van der Waals surface area contributed by atoms with Gasteiger partial charge in [0.25, 0.3) is 3.79 Å². The minimum Gasteiger partial charge on any atom is -0.462 e. The molecule has 4 aromatic carbocycles. The Kier molecular flexibility index (Phi) is 28.8. The van der Waals surface area contributed by atoms with Crippen LogP contribution in [0.5, 0.6) is 0 Å². The maximum atomic E-state index is 15.0. The van der Waals surface area contributed by atoms with Gasteiger partial charge in [-0.2, -0.15) is 0 Å². The largest absolute Gasteiger partial charge is 0.475 e. The second-order valence-corrected chi connectivity index (χ2v) is 26.4. The van der Waals surface area contributed by atoms with E-state index in [1.165, 1.54) is 70.6 Å². The van der Waals surface area contributed by atoms with E-state index in [1.807, 2.05) is 103 Å². The first-order valence-corrected chi connectivity index (χ1v) is 33.6. The summed E-state index contributed by atoms with van der Waals surface area (Å²) in [6.45, 7) is 3.71. The molecule has 0 spiro atoms. The lowest BCUT2D eigenvalue weighted by Gasteiger charge is -2.45. The molecule has 15 nitrogen and oxygen atoms in total. The molecule has 1 aliphatic carbocycles. The molecule has 466 valence electrons. The van der Waals surface area contributed by atoms with Gasteiger partial charge in [-0.1, -0.05) is 267 Å². The molecular weight excluding hydrogens is 1170 g/mol. The number of amides is 1. The summed E-state index contributed by atoms with van der Waals surface area (Å²) in [4.78, 5) is 43.2. The average molecular weight is 1250 g/mol. The first-order chi connectivity index (χ1) is 41.2. The molecule has 0 radical (unpaired) electrons. The first kappa shape index (κ1) is 68.0. The van der Waals surface area contributed by atoms with E-state index in [9.17, 15) is 14.4 Å². The number of unbranched alkanes of at least 4 members (excludes halogenated alkanes) is 18. The van der Waals surface area contributed by atoms with Crippen molar-refractivity contribution in [3.8, 4) is 11.1 Å². The van der Waals surface area contributed by atoms with Crippen LogP contribution in [-0.2, 0) is 76.0 Å². The summed E-state index contributed by atoms with van der Waals surface area (Å²) in [6, 6.07) is 30.6. The van der Waals surface area contributed by atoms with Crippen molar-refractivity contribution in [1.82, 2.24) is 5.32 Å². The minimum atomic E-state index is -4.63. The number of rotatable bonds is 36. The normalized spacial score (nSPS) is 19.4. The van der Waals surface area contributed by atoms with Crippen LogP contribution in [0.4, 0.5) is 4.79 Å². The van der Waals surface area contributed by atoms with Gasteiger partial charge < -0.3 is 33.7 Å². The lowest BCUT2D eigenvalue weighted by atomic mass is 9.96. The van der Waals surface area contributed by atoms with Crippen molar-refractivity contribution in [1.29, 1.82) is 5.41 Å². The van der Waals surface area contributed by atoms with Crippen LogP contribution in [0.2, 0.25) is 0 Å². The molecule has 3 aliphatic rings. The third kappa shape index (κ3) is 22.2. The fraction of sp³-hybridized carbons (Fsp3) is 0.576. The molecule has 1 fully saturated rings. The van der Waals surface area contributed by atoms with E-state index in [0.29, 0.717) is 30.4 Å². The van der Waals surface area contributed by atoms with Gasteiger partial charge in [0.2, 0.25) is 12.2 Å². The van der Waals surface area contributed by atoms with Crippen LogP contribution in [0, 0.1) is 5.41 Å². The van der Waals surface area contributed by atoms with Crippen LogP contribution in [0.3, 0.4) is 0 Å². The maximum Gasteiger partial charge on any atom is 0.475 e. The Labute approximate surface area is 518 Å². The number of hydrogen-bond donors (Lipinski definition) is 2. The summed E-state index contributed by atoms with van der Waals surface area (Å²) < 4.78 is 68.5. The summed E-state index contributed by atoms with van der Waals surface area (Å²) in [6.07, 6.45) is 13.8. The predicted molar refractivity (Wildman–Crippen MR) is 332 cm³/mol. The number of hydrogen-bond acceptors (Lipinski definition) is 14. The second kappa shape index (κ2) is 36.1. The molecule has 0 aromatic heterocycles. The quantitative estimate of drug-likeness (QED) is 0.00834. The first-order valence-electron chi connectivity index (χ1n) is 31.0. The molecule has 7 rings (SSSR count). The molecule has 2 heterocycles. The average Bonchev–Trinajstić information content (AvgIpc) is 2.22. The van der Waals surface area contributed by atoms with Crippen molar-refractivity contribution in [3.63, 3.8) is 0 Å². The number of phosphoric ester groups is 1. The highest BCUT2D eigenvalue weighted by Crippen LogP contribution is 2.55. The van der Waals surface area contributed by atoms with E-state index in [4.69, 9.17) is 82.2 Å². The Morgan fingerprint density at radius 3 is 1.72 bits per heavy atom. The summed E-state index contributed by atoms with van der Waals surface area (Å²) in [5.41, 5.74) is 6.15. The van der Waals surface area contributed by atoms with Crippen LogP contribution in [0.15, 0.2) is 103 Å². The molecule has 2 aliphatic heterocycles. The lowest BCUT2D eigenvalue weighted by molar-refractivity contribution is -0.255. The molecule has 1 unspecified atom stereocenters. The molecular formula is C66H88Cl3N2O13P. The third-order valence-corrected chi connectivity index (χ3v) is 17.8. The predicted octanol–water partition coefficient (Wildman–Crippen LogP) is 17.3. The summed E-state index contributed by atoms with van der Waals surface area (Å²) >= 11 is 18.7. The zero-order chi connectivity index (χ0) is 60.3. The van der Waals surface area contributed by atoms with Crippen LogP contribution in [0.25, 0.3) is 11.1 Å². The van der Waals surface area contributed by atoms with Crippen molar-refractivity contribution in [2.75, 3.05) is 13.2 Å². The number of ether oxygens (including phenoxy) is 6. The van der Waals surface area contributed by atoms with E-state index in [-0.39, 0.29) is 45.4 Å². The molecule has 1 amide bonds. The molecule has 2 N–H and O–H groups in total. The van der Waals surface area contributed by atoms with Gasteiger partial charge in [0.15, 0.2) is 6.10 Å². The summed E-state index contributed by atoms with van der Waals surface area (Å²) in [5.74, 6) is -2.53. The number of alkyl carbamates (subject to hydrolysis) is 1. The van der Waals surface area contributed by atoms with Gasteiger partial charge in [0.05, 0.1) is 32.8 Å². The van der Waals surface area contributed by atoms with Crippen LogP contribution in [0.1, 0.15) is 195 Å².